The van der Waals surface area contributed by atoms with Crippen molar-refractivity contribution in [2.75, 3.05) is 0 Å². The van der Waals surface area contributed by atoms with E-state index in [1.807, 2.05) is 24.3 Å². The quantitative estimate of drug-likeness (QED) is 0.744. The molecule has 0 heterocycles. The SMILES string of the molecule is NCc1ccc(SCl)cc1. The first-order valence-electron chi connectivity index (χ1n) is 2.94. The standard InChI is InChI=1S/C7H8ClNS/c8-10-7-3-1-6(5-9)2-4-7/h1-4H,5,9H2. The van der Waals surface area contributed by atoms with Gasteiger partial charge in [0.15, 0.2) is 0 Å². The lowest BCUT2D eigenvalue weighted by molar-refractivity contribution is 1.07. The predicted molar refractivity (Wildman–Crippen MR) is 46.0 cm³/mol. The number of hydrogen-bond acceptors (Lipinski definition) is 2. The molecular formula is C7H8ClNS. The van der Waals surface area contributed by atoms with Gasteiger partial charge in [-0.1, -0.05) is 12.1 Å². The topological polar surface area (TPSA) is 26.0 Å². The van der Waals surface area contributed by atoms with Gasteiger partial charge >= 0.3 is 0 Å². The fourth-order valence-corrected chi connectivity index (χ4v) is 1.22. The zero-order valence-electron chi connectivity index (χ0n) is 5.38. The maximum absolute atomic E-state index is 5.51. The molecule has 0 spiro atoms. The van der Waals surface area contributed by atoms with Crippen molar-refractivity contribution < 1.29 is 0 Å². The molecule has 0 saturated carbocycles. The van der Waals surface area contributed by atoms with Crippen LogP contribution in [0, 0.1) is 0 Å². The maximum atomic E-state index is 5.51. The van der Waals surface area contributed by atoms with E-state index >= 15 is 0 Å². The Bertz CT molecular complexity index is 174. The summed E-state index contributed by atoms with van der Waals surface area (Å²) >= 11 is 0. The number of halogens is 1. The summed E-state index contributed by atoms with van der Waals surface area (Å²) in [6.07, 6.45) is 0. The molecule has 0 aliphatic heterocycles. The average molecular weight is 174 g/mol. The van der Waals surface area contributed by atoms with Crippen LogP contribution in [0.25, 0.3) is 0 Å². The highest BCUT2D eigenvalue weighted by Crippen LogP contribution is 2.21. The van der Waals surface area contributed by atoms with Crippen molar-refractivity contribution >= 4 is 21.7 Å². The molecule has 1 rings (SSSR count). The zero-order valence-corrected chi connectivity index (χ0v) is 6.95. The van der Waals surface area contributed by atoms with Crippen molar-refractivity contribution in [3.05, 3.63) is 29.8 Å². The van der Waals surface area contributed by atoms with E-state index in [1.165, 1.54) is 11.0 Å². The van der Waals surface area contributed by atoms with Crippen molar-refractivity contribution in [3.8, 4) is 0 Å². The van der Waals surface area contributed by atoms with Crippen LogP contribution in [0.1, 0.15) is 5.56 Å². The highest BCUT2D eigenvalue weighted by Gasteiger charge is 1.90. The maximum Gasteiger partial charge on any atom is 0.0233 e. The second-order valence-electron chi connectivity index (χ2n) is 1.93. The Morgan fingerprint density at radius 3 is 2.30 bits per heavy atom. The Morgan fingerprint density at radius 2 is 1.90 bits per heavy atom. The van der Waals surface area contributed by atoms with Crippen molar-refractivity contribution in [3.63, 3.8) is 0 Å². The zero-order chi connectivity index (χ0) is 7.40. The van der Waals surface area contributed by atoms with Gasteiger partial charge in [-0.25, -0.2) is 0 Å². The van der Waals surface area contributed by atoms with E-state index in [0.717, 1.165) is 10.5 Å². The summed E-state index contributed by atoms with van der Waals surface area (Å²) < 4.78 is 0. The first-order valence-corrected chi connectivity index (χ1v) is 4.58. The van der Waals surface area contributed by atoms with Gasteiger partial charge in [0.1, 0.15) is 0 Å². The molecule has 1 aromatic carbocycles. The van der Waals surface area contributed by atoms with Crippen LogP contribution in [0.3, 0.4) is 0 Å². The van der Waals surface area contributed by atoms with E-state index < -0.39 is 0 Å². The van der Waals surface area contributed by atoms with Crippen molar-refractivity contribution in [1.82, 2.24) is 0 Å². The lowest BCUT2D eigenvalue weighted by atomic mass is 10.2. The first kappa shape index (κ1) is 7.92. The molecule has 54 valence electrons. The summed E-state index contributed by atoms with van der Waals surface area (Å²) in [4.78, 5) is 1.05. The van der Waals surface area contributed by atoms with E-state index in [4.69, 9.17) is 16.4 Å². The summed E-state index contributed by atoms with van der Waals surface area (Å²) in [6, 6.07) is 7.87. The van der Waals surface area contributed by atoms with E-state index in [1.54, 1.807) is 0 Å². The molecule has 0 radical (unpaired) electrons. The minimum atomic E-state index is 0.591. The third kappa shape index (κ3) is 1.90. The van der Waals surface area contributed by atoms with Crippen LogP contribution in [-0.4, -0.2) is 0 Å². The summed E-state index contributed by atoms with van der Waals surface area (Å²) in [7, 11) is 6.73. The molecule has 2 N–H and O–H groups in total. The Morgan fingerprint density at radius 1 is 1.30 bits per heavy atom. The largest absolute Gasteiger partial charge is 0.326 e. The molecule has 10 heavy (non-hydrogen) atoms. The van der Waals surface area contributed by atoms with Crippen LogP contribution in [0.15, 0.2) is 29.2 Å². The van der Waals surface area contributed by atoms with Gasteiger partial charge < -0.3 is 5.73 Å². The van der Waals surface area contributed by atoms with Gasteiger partial charge in [0.25, 0.3) is 0 Å². The van der Waals surface area contributed by atoms with Gasteiger partial charge in [-0.05, 0) is 39.4 Å². The summed E-state index contributed by atoms with van der Waals surface area (Å²) in [5, 5.41) is 0. The minimum absolute atomic E-state index is 0.591. The van der Waals surface area contributed by atoms with Crippen molar-refractivity contribution in [1.29, 1.82) is 0 Å². The van der Waals surface area contributed by atoms with Gasteiger partial charge in [-0.3, -0.25) is 0 Å². The van der Waals surface area contributed by atoms with Crippen LogP contribution in [0.5, 0.6) is 0 Å². The average Bonchev–Trinajstić information content (AvgIpc) is 2.05. The first-order chi connectivity index (χ1) is 4.86. The van der Waals surface area contributed by atoms with Crippen molar-refractivity contribution in [2.45, 2.75) is 11.4 Å². The Kier molecular flexibility index (Phi) is 3.06. The molecule has 0 aliphatic rings. The molecule has 1 aromatic rings. The Balaban J connectivity index is 2.80. The lowest BCUT2D eigenvalue weighted by Gasteiger charge is -1.95. The third-order valence-corrected chi connectivity index (χ3v) is 2.23. The van der Waals surface area contributed by atoms with E-state index in [2.05, 4.69) is 0 Å². The van der Waals surface area contributed by atoms with E-state index in [-0.39, 0.29) is 0 Å². The molecule has 0 aliphatic carbocycles. The highest BCUT2D eigenvalue weighted by atomic mass is 35.7. The summed E-state index contributed by atoms with van der Waals surface area (Å²) in [5.74, 6) is 0. The van der Waals surface area contributed by atoms with Gasteiger partial charge in [0.2, 0.25) is 0 Å². The second kappa shape index (κ2) is 3.86. The number of benzene rings is 1. The number of hydrogen-bond donors (Lipinski definition) is 1. The van der Waals surface area contributed by atoms with Crippen LogP contribution in [-0.2, 0) is 6.54 Å². The molecule has 3 heteroatoms. The molecule has 0 aromatic heterocycles. The molecular weight excluding hydrogens is 166 g/mol. The fraction of sp³-hybridized carbons (Fsp3) is 0.143. The van der Waals surface area contributed by atoms with Crippen LogP contribution < -0.4 is 5.73 Å². The van der Waals surface area contributed by atoms with Gasteiger partial charge in [0.05, 0.1) is 0 Å². The fourth-order valence-electron chi connectivity index (χ4n) is 0.677. The minimum Gasteiger partial charge on any atom is -0.326 e. The third-order valence-electron chi connectivity index (χ3n) is 1.25. The molecule has 0 bridgehead atoms. The normalized spacial score (nSPS) is 9.80. The van der Waals surface area contributed by atoms with Crippen LogP contribution in [0.4, 0.5) is 0 Å². The monoisotopic (exact) mass is 173 g/mol. The van der Waals surface area contributed by atoms with Gasteiger partial charge in [0, 0.05) is 11.4 Å². The second-order valence-corrected chi connectivity index (χ2v) is 3.01. The number of rotatable bonds is 2. The van der Waals surface area contributed by atoms with E-state index in [0.29, 0.717) is 6.54 Å². The Labute approximate surface area is 69.1 Å². The van der Waals surface area contributed by atoms with Gasteiger partial charge in [-0.15, -0.1) is 0 Å². The smallest absolute Gasteiger partial charge is 0.0233 e. The molecule has 1 nitrogen and oxygen atoms in total. The molecule has 0 amide bonds. The highest BCUT2D eigenvalue weighted by molar-refractivity contribution is 8.21. The van der Waals surface area contributed by atoms with Gasteiger partial charge in [-0.2, -0.15) is 0 Å². The van der Waals surface area contributed by atoms with Crippen LogP contribution in [0.2, 0.25) is 0 Å². The summed E-state index contributed by atoms with van der Waals surface area (Å²) in [5.41, 5.74) is 6.54. The number of nitrogens with two attached hydrogens (primary N) is 1. The van der Waals surface area contributed by atoms with Crippen LogP contribution >= 0.6 is 21.7 Å². The predicted octanol–water partition coefficient (Wildman–Crippen LogP) is 2.39. The lowest BCUT2D eigenvalue weighted by Crippen LogP contribution is -1.94. The van der Waals surface area contributed by atoms with Crippen molar-refractivity contribution in [2.24, 2.45) is 5.73 Å². The molecule has 0 atom stereocenters. The van der Waals surface area contributed by atoms with E-state index in [9.17, 15) is 0 Å². The molecule has 0 fully saturated rings. The molecule has 0 saturated heterocycles. The molecule has 0 unspecified atom stereocenters. The summed E-state index contributed by atoms with van der Waals surface area (Å²) in [6.45, 7) is 0.591. The Hall–Kier alpha value is -0.180.